The molecule has 2 aliphatic rings. The molecule has 1 saturated heterocycles. The number of guanidine groups is 1. The Kier molecular flexibility index (Phi) is 4.73. The van der Waals surface area contributed by atoms with Crippen molar-refractivity contribution in [2.45, 2.75) is 43.0 Å². The SMILES string of the molecule is NC1=N[C@H](N)[C@H](O[C@@H]2O[C@H](CO)[C@@H](O)[C@H](O)[C@H]2O)C(=O)N1. The maximum Gasteiger partial charge on any atom is 0.259 e. The molecule has 0 radical (unpaired) electrons. The summed E-state index contributed by atoms with van der Waals surface area (Å²) in [5.41, 5.74) is 10.9. The average molecular weight is 306 g/mol. The molecule has 11 nitrogen and oxygen atoms in total. The molecule has 2 aliphatic heterocycles. The molecule has 0 aromatic heterocycles. The summed E-state index contributed by atoms with van der Waals surface area (Å²) < 4.78 is 10.3. The molecule has 7 atom stereocenters. The molecule has 1 fully saturated rings. The van der Waals surface area contributed by atoms with Crippen molar-refractivity contribution in [3.8, 4) is 0 Å². The molecule has 9 N–H and O–H groups in total. The van der Waals surface area contributed by atoms with Crippen LogP contribution in [-0.2, 0) is 14.3 Å². The summed E-state index contributed by atoms with van der Waals surface area (Å²) in [6, 6.07) is 0. The van der Waals surface area contributed by atoms with Crippen molar-refractivity contribution in [2.75, 3.05) is 6.61 Å². The van der Waals surface area contributed by atoms with Crippen LogP contribution in [0, 0.1) is 0 Å². The van der Waals surface area contributed by atoms with E-state index in [2.05, 4.69) is 10.3 Å². The van der Waals surface area contributed by atoms with Gasteiger partial charge in [-0.25, -0.2) is 4.99 Å². The molecule has 0 saturated carbocycles. The Hall–Kier alpha value is -1.34. The van der Waals surface area contributed by atoms with Crippen LogP contribution in [0.4, 0.5) is 0 Å². The van der Waals surface area contributed by atoms with E-state index >= 15 is 0 Å². The third kappa shape index (κ3) is 3.13. The number of hydrogen-bond donors (Lipinski definition) is 7. The Bertz CT molecular complexity index is 432. The third-order valence-electron chi connectivity index (χ3n) is 3.24. The number of carbonyl (C=O) groups excluding carboxylic acids is 1. The van der Waals surface area contributed by atoms with Crippen LogP contribution >= 0.6 is 0 Å². The molecule has 0 bridgehead atoms. The van der Waals surface area contributed by atoms with E-state index in [1.807, 2.05) is 0 Å². The minimum absolute atomic E-state index is 0.166. The van der Waals surface area contributed by atoms with Crippen LogP contribution in [0.25, 0.3) is 0 Å². The van der Waals surface area contributed by atoms with E-state index in [1.54, 1.807) is 0 Å². The molecule has 120 valence electrons. The second-order valence-corrected chi connectivity index (χ2v) is 4.75. The molecular formula is C10H18N4O7. The summed E-state index contributed by atoms with van der Waals surface area (Å²) in [7, 11) is 0. The van der Waals surface area contributed by atoms with Crippen molar-refractivity contribution in [3.63, 3.8) is 0 Å². The highest BCUT2D eigenvalue weighted by molar-refractivity contribution is 6.00. The highest BCUT2D eigenvalue weighted by atomic mass is 16.7. The fourth-order valence-electron chi connectivity index (χ4n) is 2.08. The zero-order valence-corrected chi connectivity index (χ0v) is 10.9. The molecule has 0 aromatic rings. The van der Waals surface area contributed by atoms with Gasteiger partial charge in [0.15, 0.2) is 18.4 Å². The van der Waals surface area contributed by atoms with Gasteiger partial charge in [-0.15, -0.1) is 0 Å². The summed E-state index contributed by atoms with van der Waals surface area (Å²) in [6.45, 7) is -0.612. The van der Waals surface area contributed by atoms with Crippen LogP contribution in [0.1, 0.15) is 0 Å². The van der Waals surface area contributed by atoms with E-state index in [0.717, 1.165) is 0 Å². The van der Waals surface area contributed by atoms with Gasteiger partial charge in [-0.1, -0.05) is 0 Å². The Morgan fingerprint density at radius 1 is 1.29 bits per heavy atom. The summed E-state index contributed by atoms with van der Waals surface area (Å²) in [5.74, 6) is -0.854. The van der Waals surface area contributed by atoms with Crippen LogP contribution in [-0.4, -0.2) is 81.9 Å². The summed E-state index contributed by atoms with van der Waals surface area (Å²) >= 11 is 0. The van der Waals surface area contributed by atoms with Gasteiger partial charge in [0.1, 0.15) is 30.6 Å². The number of aliphatic imine (C=N–C) groups is 1. The number of nitrogens with one attached hydrogen (secondary N) is 1. The number of hydrogen-bond acceptors (Lipinski definition) is 10. The summed E-state index contributed by atoms with van der Waals surface area (Å²) in [6.07, 6.45) is -9.82. The predicted octanol–water partition coefficient (Wildman–Crippen LogP) is -5.10. The van der Waals surface area contributed by atoms with Crippen LogP contribution in [0.5, 0.6) is 0 Å². The second kappa shape index (κ2) is 6.19. The lowest BCUT2D eigenvalue weighted by atomic mass is 9.99. The highest BCUT2D eigenvalue weighted by Crippen LogP contribution is 2.23. The van der Waals surface area contributed by atoms with E-state index in [1.165, 1.54) is 0 Å². The molecule has 0 aliphatic carbocycles. The zero-order valence-electron chi connectivity index (χ0n) is 10.9. The Morgan fingerprint density at radius 3 is 2.52 bits per heavy atom. The molecule has 21 heavy (non-hydrogen) atoms. The smallest absolute Gasteiger partial charge is 0.259 e. The predicted molar refractivity (Wildman–Crippen MR) is 66.4 cm³/mol. The fraction of sp³-hybridized carbons (Fsp3) is 0.800. The number of nitrogens with zero attached hydrogens (tertiary/aromatic N) is 1. The topological polar surface area (TPSA) is 193 Å². The first kappa shape index (κ1) is 16.0. The molecule has 1 amide bonds. The molecule has 0 spiro atoms. The van der Waals surface area contributed by atoms with Crippen LogP contribution < -0.4 is 16.8 Å². The van der Waals surface area contributed by atoms with E-state index in [0.29, 0.717) is 0 Å². The van der Waals surface area contributed by atoms with Gasteiger partial charge in [0, 0.05) is 0 Å². The normalized spacial score (nSPS) is 44.1. The van der Waals surface area contributed by atoms with E-state index in [-0.39, 0.29) is 5.96 Å². The fourth-order valence-corrected chi connectivity index (χ4v) is 2.08. The van der Waals surface area contributed by atoms with Crippen molar-refractivity contribution < 1.29 is 34.7 Å². The number of rotatable bonds is 3. The van der Waals surface area contributed by atoms with Crippen molar-refractivity contribution in [3.05, 3.63) is 0 Å². The Labute approximate surface area is 119 Å². The van der Waals surface area contributed by atoms with Gasteiger partial charge in [0.05, 0.1) is 6.61 Å². The standard InChI is InChI=1S/C10H18N4O7/c11-7-6(8(19)14-10(12)13-7)21-9-5(18)4(17)3(16)2(1-15)20-9/h2-7,9,15-18H,1,11H2,(H3,12,13,14,19)/t2-,3-,4+,5-,6+,7+,9+/m1/s1. The number of aliphatic hydroxyl groups is 4. The second-order valence-electron chi connectivity index (χ2n) is 4.75. The van der Waals surface area contributed by atoms with Crippen molar-refractivity contribution >= 4 is 11.9 Å². The first-order chi connectivity index (χ1) is 9.85. The largest absolute Gasteiger partial charge is 0.394 e. The van der Waals surface area contributed by atoms with E-state index in [9.17, 15) is 20.1 Å². The Morgan fingerprint density at radius 2 is 1.95 bits per heavy atom. The molecule has 11 heteroatoms. The maximum absolute atomic E-state index is 11.7. The van der Waals surface area contributed by atoms with Crippen LogP contribution in [0.3, 0.4) is 0 Å². The lowest BCUT2D eigenvalue weighted by Gasteiger charge is -2.41. The van der Waals surface area contributed by atoms with Gasteiger partial charge >= 0.3 is 0 Å². The monoisotopic (exact) mass is 306 g/mol. The number of nitrogens with two attached hydrogens (primary N) is 2. The van der Waals surface area contributed by atoms with Crippen molar-refractivity contribution in [2.24, 2.45) is 16.5 Å². The average Bonchev–Trinajstić information content (AvgIpc) is 2.42. The minimum atomic E-state index is -1.63. The van der Waals surface area contributed by atoms with Gasteiger partial charge in [0.25, 0.3) is 5.91 Å². The van der Waals surface area contributed by atoms with Crippen LogP contribution in [0.15, 0.2) is 4.99 Å². The molecule has 0 unspecified atom stereocenters. The number of aliphatic hydroxyl groups excluding tert-OH is 4. The van der Waals surface area contributed by atoms with Crippen LogP contribution in [0.2, 0.25) is 0 Å². The van der Waals surface area contributed by atoms with Gasteiger partial charge in [-0.2, -0.15) is 0 Å². The highest BCUT2D eigenvalue weighted by Gasteiger charge is 2.46. The minimum Gasteiger partial charge on any atom is -0.394 e. The quantitative estimate of drug-likeness (QED) is 0.267. The zero-order chi connectivity index (χ0) is 15.7. The maximum atomic E-state index is 11.7. The Balaban J connectivity index is 2.09. The van der Waals surface area contributed by atoms with Crippen molar-refractivity contribution in [1.29, 1.82) is 0 Å². The lowest BCUT2D eigenvalue weighted by Crippen LogP contribution is -2.63. The first-order valence-electron chi connectivity index (χ1n) is 6.21. The van der Waals surface area contributed by atoms with Crippen molar-refractivity contribution in [1.82, 2.24) is 5.32 Å². The summed E-state index contributed by atoms with van der Waals surface area (Å²) in [5, 5.41) is 40.3. The molecule has 0 aromatic carbocycles. The lowest BCUT2D eigenvalue weighted by molar-refractivity contribution is -0.309. The number of ether oxygens (including phenoxy) is 2. The molecule has 2 rings (SSSR count). The third-order valence-corrected chi connectivity index (χ3v) is 3.24. The number of amides is 1. The van der Waals surface area contributed by atoms with E-state index in [4.69, 9.17) is 26.0 Å². The van der Waals surface area contributed by atoms with Gasteiger partial charge in [0.2, 0.25) is 0 Å². The summed E-state index contributed by atoms with van der Waals surface area (Å²) in [4.78, 5) is 15.4. The first-order valence-corrected chi connectivity index (χ1v) is 6.21. The molecule has 2 heterocycles. The van der Waals surface area contributed by atoms with Gasteiger partial charge in [-0.05, 0) is 0 Å². The van der Waals surface area contributed by atoms with Gasteiger partial charge in [-0.3, -0.25) is 10.1 Å². The van der Waals surface area contributed by atoms with Gasteiger partial charge < -0.3 is 41.4 Å². The van der Waals surface area contributed by atoms with E-state index < -0.39 is 55.5 Å². The molecular weight excluding hydrogens is 288 g/mol. The number of carbonyl (C=O) groups is 1.